The van der Waals surface area contributed by atoms with E-state index in [9.17, 15) is 4.79 Å². The third-order valence-corrected chi connectivity index (χ3v) is 2.14. The number of carbonyl (C=O) groups excluding carboxylic acids is 1. The van der Waals surface area contributed by atoms with Gasteiger partial charge in [0.2, 0.25) is 5.91 Å². The second kappa shape index (κ2) is 5.94. The fourth-order valence-corrected chi connectivity index (χ4v) is 0.747. The van der Waals surface area contributed by atoms with Crippen molar-refractivity contribution >= 4 is 5.91 Å². The average molecular weight is 189 g/mol. The summed E-state index contributed by atoms with van der Waals surface area (Å²) in [5.74, 6) is 0.139. The summed E-state index contributed by atoms with van der Waals surface area (Å²) in [4.78, 5) is 11.3. The molecule has 0 heterocycles. The van der Waals surface area contributed by atoms with E-state index >= 15 is 0 Å². The molecule has 0 aromatic heterocycles. The fraction of sp³-hybridized carbons (Fsp3) is 0.889. The smallest absolute Gasteiger partial charge is 0.223 e. The molecule has 2 atom stereocenters. The van der Waals surface area contributed by atoms with Gasteiger partial charge < -0.3 is 15.5 Å². The van der Waals surface area contributed by atoms with Crippen molar-refractivity contribution in [2.75, 3.05) is 13.2 Å². The molecule has 0 rings (SSSR count). The molecule has 0 saturated heterocycles. The molecule has 13 heavy (non-hydrogen) atoms. The highest BCUT2D eigenvalue weighted by Crippen LogP contribution is 2.08. The number of nitrogens with one attached hydrogen (secondary N) is 1. The number of aliphatic hydroxyl groups is 2. The van der Waals surface area contributed by atoms with Gasteiger partial charge in [0.1, 0.15) is 0 Å². The highest BCUT2D eigenvalue weighted by atomic mass is 16.3. The van der Waals surface area contributed by atoms with Crippen molar-refractivity contribution in [3.63, 3.8) is 0 Å². The largest absolute Gasteiger partial charge is 0.394 e. The molecule has 0 saturated carbocycles. The standard InChI is InChI=1S/C9H19NO3/c1-6(2)7(3)9(13)10-4-8(12)5-11/h6-8,11-12H,4-5H2,1-3H3,(H,10,13). The maximum absolute atomic E-state index is 11.3. The molecule has 0 fully saturated rings. The third-order valence-electron chi connectivity index (χ3n) is 2.14. The van der Waals surface area contributed by atoms with Crippen LogP contribution in [0.2, 0.25) is 0 Å². The van der Waals surface area contributed by atoms with Crippen LogP contribution in [0.15, 0.2) is 0 Å². The van der Waals surface area contributed by atoms with Crippen molar-refractivity contribution in [1.29, 1.82) is 0 Å². The Bertz CT molecular complexity index is 159. The van der Waals surface area contributed by atoms with Crippen molar-refractivity contribution in [3.05, 3.63) is 0 Å². The Hall–Kier alpha value is -0.610. The molecule has 2 unspecified atom stereocenters. The Kier molecular flexibility index (Phi) is 5.66. The van der Waals surface area contributed by atoms with Crippen LogP contribution < -0.4 is 5.32 Å². The Morgan fingerprint density at radius 2 is 1.92 bits per heavy atom. The van der Waals surface area contributed by atoms with E-state index in [0.717, 1.165) is 0 Å². The van der Waals surface area contributed by atoms with Gasteiger partial charge in [-0.2, -0.15) is 0 Å². The topological polar surface area (TPSA) is 69.6 Å². The third kappa shape index (κ3) is 4.85. The summed E-state index contributed by atoms with van der Waals surface area (Å²) >= 11 is 0. The molecule has 78 valence electrons. The molecule has 0 aliphatic carbocycles. The second-order valence-corrected chi connectivity index (χ2v) is 3.61. The molecular formula is C9H19NO3. The van der Waals surface area contributed by atoms with E-state index in [2.05, 4.69) is 5.32 Å². The summed E-state index contributed by atoms with van der Waals surface area (Å²) in [7, 11) is 0. The second-order valence-electron chi connectivity index (χ2n) is 3.61. The quantitative estimate of drug-likeness (QED) is 0.558. The minimum atomic E-state index is -0.858. The molecule has 0 aliphatic rings. The Morgan fingerprint density at radius 1 is 1.38 bits per heavy atom. The lowest BCUT2D eigenvalue weighted by Gasteiger charge is -2.16. The lowest BCUT2D eigenvalue weighted by molar-refractivity contribution is -0.126. The first-order valence-electron chi connectivity index (χ1n) is 4.55. The Balaban J connectivity index is 3.74. The van der Waals surface area contributed by atoms with Crippen LogP contribution in [0.3, 0.4) is 0 Å². The average Bonchev–Trinajstić information content (AvgIpc) is 2.11. The first-order valence-corrected chi connectivity index (χ1v) is 4.55. The van der Waals surface area contributed by atoms with Gasteiger partial charge in [0.25, 0.3) is 0 Å². The molecule has 0 aromatic carbocycles. The number of aliphatic hydroxyl groups excluding tert-OH is 2. The summed E-state index contributed by atoms with van der Waals surface area (Å²) in [6.45, 7) is 5.56. The predicted molar refractivity (Wildman–Crippen MR) is 50.1 cm³/mol. The van der Waals surface area contributed by atoms with Crippen molar-refractivity contribution in [1.82, 2.24) is 5.32 Å². The van der Waals surface area contributed by atoms with Crippen LogP contribution in [0.1, 0.15) is 20.8 Å². The van der Waals surface area contributed by atoms with Gasteiger partial charge in [-0.15, -0.1) is 0 Å². The molecule has 0 aliphatic heterocycles. The zero-order valence-electron chi connectivity index (χ0n) is 8.45. The van der Waals surface area contributed by atoms with Gasteiger partial charge >= 0.3 is 0 Å². The van der Waals surface area contributed by atoms with Gasteiger partial charge in [-0.25, -0.2) is 0 Å². The minimum Gasteiger partial charge on any atom is -0.394 e. The fourth-order valence-electron chi connectivity index (χ4n) is 0.747. The minimum absolute atomic E-state index is 0.0640. The van der Waals surface area contributed by atoms with E-state index in [-0.39, 0.29) is 30.9 Å². The van der Waals surface area contributed by atoms with E-state index in [0.29, 0.717) is 0 Å². The van der Waals surface area contributed by atoms with E-state index in [4.69, 9.17) is 10.2 Å². The molecule has 0 bridgehead atoms. The van der Waals surface area contributed by atoms with E-state index in [1.54, 1.807) is 0 Å². The normalized spacial score (nSPS) is 15.5. The molecule has 4 heteroatoms. The SMILES string of the molecule is CC(C)C(C)C(=O)NCC(O)CO. The molecule has 0 spiro atoms. The number of amides is 1. The van der Waals surface area contributed by atoms with E-state index in [1.165, 1.54) is 0 Å². The molecule has 3 N–H and O–H groups in total. The van der Waals surface area contributed by atoms with Gasteiger partial charge in [0.15, 0.2) is 0 Å². The number of rotatable bonds is 5. The van der Waals surface area contributed by atoms with Crippen molar-refractivity contribution in [2.24, 2.45) is 11.8 Å². The summed E-state index contributed by atoms with van der Waals surface area (Å²) in [5, 5.41) is 20.0. The monoisotopic (exact) mass is 189 g/mol. The van der Waals surface area contributed by atoms with Gasteiger partial charge in [0, 0.05) is 12.5 Å². The maximum Gasteiger partial charge on any atom is 0.223 e. The first-order chi connectivity index (χ1) is 5.99. The zero-order chi connectivity index (χ0) is 10.4. The number of hydrogen-bond donors (Lipinski definition) is 3. The van der Waals surface area contributed by atoms with Crippen LogP contribution >= 0.6 is 0 Å². The van der Waals surface area contributed by atoms with Crippen molar-refractivity contribution in [2.45, 2.75) is 26.9 Å². The van der Waals surface area contributed by atoms with Gasteiger partial charge in [-0.1, -0.05) is 20.8 Å². The van der Waals surface area contributed by atoms with Crippen LogP contribution in [-0.2, 0) is 4.79 Å². The maximum atomic E-state index is 11.3. The summed E-state index contributed by atoms with van der Waals surface area (Å²) < 4.78 is 0. The summed E-state index contributed by atoms with van der Waals surface area (Å²) in [6, 6.07) is 0. The van der Waals surface area contributed by atoms with Crippen LogP contribution in [-0.4, -0.2) is 35.4 Å². The summed E-state index contributed by atoms with van der Waals surface area (Å²) in [6.07, 6.45) is -0.858. The lowest BCUT2D eigenvalue weighted by Crippen LogP contribution is -2.38. The highest BCUT2D eigenvalue weighted by molar-refractivity contribution is 5.78. The van der Waals surface area contributed by atoms with Crippen LogP contribution in [0.5, 0.6) is 0 Å². The van der Waals surface area contributed by atoms with E-state index in [1.807, 2.05) is 20.8 Å². The first kappa shape index (κ1) is 12.4. The molecule has 1 amide bonds. The molecule has 4 nitrogen and oxygen atoms in total. The Labute approximate surface area is 79.0 Å². The van der Waals surface area contributed by atoms with Gasteiger partial charge in [0.05, 0.1) is 12.7 Å². The number of hydrogen-bond acceptors (Lipinski definition) is 3. The predicted octanol–water partition coefficient (Wildman–Crippen LogP) is -0.252. The van der Waals surface area contributed by atoms with Crippen molar-refractivity contribution < 1.29 is 15.0 Å². The van der Waals surface area contributed by atoms with Gasteiger partial charge in [-0.3, -0.25) is 4.79 Å². The zero-order valence-corrected chi connectivity index (χ0v) is 8.45. The summed E-state index contributed by atoms with van der Waals surface area (Å²) in [5.41, 5.74) is 0. The molecule has 0 radical (unpaired) electrons. The molecule has 0 aromatic rings. The van der Waals surface area contributed by atoms with Crippen LogP contribution in [0.4, 0.5) is 0 Å². The van der Waals surface area contributed by atoms with E-state index < -0.39 is 6.10 Å². The number of carbonyl (C=O) groups is 1. The Morgan fingerprint density at radius 3 is 2.31 bits per heavy atom. The van der Waals surface area contributed by atoms with Crippen LogP contribution in [0.25, 0.3) is 0 Å². The lowest BCUT2D eigenvalue weighted by atomic mass is 9.97. The van der Waals surface area contributed by atoms with Gasteiger partial charge in [-0.05, 0) is 5.92 Å². The highest BCUT2D eigenvalue weighted by Gasteiger charge is 2.16. The molecular weight excluding hydrogens is 170 g/mol. The van der Waals surface area contributed by atoms with Crippen molar-refractivity contribution in [3.8, 4) is 0 Å². The van der Waals surface area contributed by atoms with Crippen LogP contribution in [0, 0.1) is 11.8 Å².